The van der Waals surface area contributed by atoms with E-state index in [-0.39, 0.29) is 11.6 Å². The molecule has 4 aromatic carbocycles. The van der Waals surface area contributed by atoms with Crippen molar-refractivity contribution < 1.29 is 9.90 Å². The van der Waals surface area contributed by atoms with Crippen LogP contribution in [0.5, 0.6) is 0 Å². The van der Waals surface area contributed by atoms with Crippen molar-refractivity contribution in [3.05, 3.63) is 101 Å². The van der Waals surface area contributed by atoms with Gasteiger partial charge in [0.25, 0.3) is 0 Å². The molecule has 1 N–H and O–H groups in total. The van der Waals surface area contributed by atoms with Gasteiger partial charge in [-0.2, -0.15) is 0 Å². The molecule has 0 spiro atoms. The smallest absolute Gasteiger partial charge is 0.354 e. The summed E-state index contributed by atoms with van der Waals surface area (Å²) in [6, 6.07) is 27.1. The molecule has 1 heterocycles. The Morgan fingerprint density at radius 3 is 2.48 bits per heavy atom. The van der Waals surface area contributed by atoms with Gasteiger partial charge in [-0.1, -0.05) is 66.7 Å². The average Bonchev–Trinajstić information content (AvgIpc) is 2.82. The van der Waals surface area contributed by atoms with Crippen LogP contribution in [-0.4, -0.2) is 16.1 Å². The molecule has 0 radical (unpaired) electrons. The van der Waals surface area contributed by atoms with Crippen LogP contribution in [0.15, 0.2) is 78.9 Å². The van der Waals surface area contributed by atoms with Gasteiger partial charge in [0.15, 0.2) is 5.69 Å². The van der Waals surface area contributed by atoms with Crippen LogP contribution in [0.1, 0.15) is 45.9 Å². The lowest BCUT2D eigenvalue weighted by atomic mass is 9.75. The number of hydrogen-bond donors (Lipinski definition) is 1. The number of para-hydroxylation sites is 1. The Morgan fingerprint density at radius 2 is 1.61 bits per heavy atom. The van der Waals surface area contributed by atoms with E-state index in [2.05, 4.69) is 53.5 Å². The SMILES string of the molecule is O=C(O)c1nc2ccccc2cc1C1CCCc2ccc3c(ccc4ccccc43)c21. The van der Waals surface area contributed by atoms with E-state index in [0.29, 0.717) is 0 Å². The Hall–Kier alpha value is -3.72. The van der Waals surface area contributed by atoms with Gasteiger partial charge in [0.1, 0.15) is 0 Å². The van der Waals surface area contributed by atoms with Crippen LogP contribution < -0.4 is 0 Å². The molecule has 0 aliphatic heterocycles. The van der Waals surface area contributed by atoms with E-state index in [1.165, 1.54) is 32.7 Å². The van der Waals surface area contributed by atoms with Gasteiger partial charge >= 0.3 is 5.97 Å². The maximum absolute atomic E-state index is 12.2. The summed E-state index contributed by atoms with van der Waals surface area (Å²) < 4.78 is 0. The van der Waals surface area contributed by atoms with Crippen molar-refractivity contribution >= 4 is 38.4 Å². The Labute approximate surface area is 180 Å². The third kappa shape index (κ3) is 2.81. The van der Waals surface area contributed by atoms with Gasteiger partial charge in [-0.05, 0) is 69.6 Å². The normalized spacial score (nSPS) is 15.9. The number of aromatic nitrogens is 1. The topological polar surface area (TPSA) is 50.2 Å². The van der Waals surface area contributed by atoms with Crippen molar-refractivity contribution in [2.45, 2.75) is 25.2 Å². The molecule has 0 saturated carbocycles. The van der Waals surface area contributed by atoms with Crippen LogP contribution in [-0.2, 0) is 6.42 Å². The van der Waals surface area contributed by atoms with Crippen molar-refractivity contribution in [1.82, 2.24) is 4.98 Å². The van der Waals surface area contributed by atoms with E-state index in [1.54, 1.807) is 0 Å². The molecular formula is C28H21NO2. The van der Waals surface area contributed by atoms with Gasteiger partial charge < -0.3 is 5.11 Å². The first-order valence-corrected chi connectivity index (χ1v) is 10.8. The molecule has 0 saturated heterocycles. The van der Waals surface area contributed by atoms with E-state index >= 15 is 0 Å². The number of fused-ring (bicyclic) bond motifs is 6. The van der Waals surface area contributed by atoms with E-state index in [4.69, 9.17) is 0 Å². The van der Waals surface area contributed by atoms with Crippen LogP contribution >= 0.6 is 0 Å². The maximum atomic E-state index is 12.2. The van der Waals surface area contributed by atoms with E-state index < -0.39 is 5.97 Å². The third-order valence-electron chi connectivity index (χ3n) is 6.68. The lowest BCUT2D eigenvalue weighted by Gasteiger charge is -2.29. The zero-order valence-electron chi connectivity index (χ0n) is 17.0. The van der Waals surface area contributed by atoms with Gasteiger partial charge in [0.2, 0.25) is 0 Å². The van der Waals surface area contributed by atoms with Crippen molar-refractivity contribution in [2.24, 2.45) is 0 Å². The minimum atomic E-state index is -0.960. The van der Waals surface area contributed by atoms with Gasteiger partial charge in [-0.3, -0.25) is 0 Å². The van der Waals surface area contributed by atoms with E-state index in [9.17, 15) is 9.90 Å². The predicted octanol–water partition coefficient (Wildman–Crippen LogP) is 6.71. The second-order valence-electron chi connectivity index (χ2n) is 8.39. The average molecular weight is 403 g/mol. The molecule has 0 bridgehead atoms. The molecule has 3 nitrogen and oxygen atoms in total. The minimum Gasteiger partial charge on any atom is -0.477 e. The summed E-state index contributed by atoms with van der Waals surface area (Å²) in [6.45, 7) is 0. The highest BCUT2D eigenvalue weighted by molar-refractivity contribution is 6.09. The van der Waals surface area contributed by atoms with Gasteiger partial charge in [0, 0.05) is 11.3 Å². The van der Waals surface area contributed by atoms with Crippen molar-refractivity contribution in [2.75, 3.05) is 0 Å². The third-order valence-corrected chi connectivity index (χ3v) is 6.68. The molecule has 5 aromatic rings. The molecule has 3 heteroatoms. The fourth-order valence-electron chi connectivity index (χ4n) is 5.31. The molecule has 1 atom stereocenters. The van der Waals surface area contributed by atoms with Crippen LogP contribution in [0.3, 0.4) is 0 Å². The van der Waals surface area contributed by atoms with Crippen LogP contribution in [0.25, 0.3) is 32.4 Å². The van der Waals surface area contributed by atoms with Gasteiger partial charge in [0.05, 0.1) is 5.52 Å². The zero-order chi connectivity index (χ0) is 20.9. The standard InChI is InChI=1S/C28H21NO2/c30-28(31)27-24(16-19-7-2-4-11-25(19)29-27)22-10-5-8-18-13-14-21-20-9-3-1-6-17(20)12-15-23(21)26(18)22/h1-4,6-7,9,11-16,22H,5,8,10H2,(H,30,31). The highest BCUT2D eigenvalue weighted by Crippen LogP contribution is 2.43. The van der Waals surface area contributed by atoms with Crippen molar-refractivity contribution in [3.63, 3.8) is 0 Å². The molecule has 1 aliphatic rings. The summed E-state index contributed by atoms with van der Waals surface area (Å²) in [7, 11) is 0. The number of pyridine rings is 1. The number of benzene rings is 4. The summed E-state index contributed by atoms with van der Waals surface area (Å²) >= 11 is 0. The monoisotopic (exact) mass is 403 g/mol. The fourth-order valence-corrected chi connectivity index (χ4v) is 5.31. The Balaban J connectivity index is 1.66. The summed E-state index contributed by atoms with van der Waals surface area (Å²) in [6.07, 6.45) is 3.00. The molecule has 1 aromatic heterocycles. The van der Waals surface area contributed by atoms with E-state index in [1.807, 2.05) is 30.3 Å². The first kappa shape index (κ1) is 18.1. The second-order valence-corrected chi connectivity index (χ2v) is 8.39. The van der Waals surface area contributed by atoms with Crippen molar-refractivity contribution in [3.8, 4) is 0 Å². The minimum absolute atomic E-state index is 0.0248. The molecule has 1 aliphatic carbocycles. The maximum Gasteiger partial charge on any atom is 0.354 e. The summed E-state index contributed by atoms with van der Waals surface area (Å²) in [4.78, 5) is 16.7. The lowest BCUT2D eigenvalue weighted by Crippen LogP contribution is -2.16. The number of carboxylic acid groups (broad SMARTS) is 1. The highest BCUT2D eigenvalue weighted by Gasteiger charge is 2.29. The van der Waals surface area contributed by atoms with E-state index in [0.717, 1.165) is 35.7 Å². The van der Waals surface area contributed by atoms with Crippen LogP contribution in [0.2, 0.25) is 0 Å². The Morgan fingerprint density at radius 1 is 0.839 bits per heavy atom. The zero-order valence-corrected chi connectivity index (χ0v) is 17.0. The lowest BCUT2D eigenvalue weighted by molar-refractivity contribution is 0.0689. The fraction of sp³-hybridized carbons (Fsp3) is 0.143. The Kier molecular flexibility index (Phi) is 4.03. The molecule has 150 valence electrons. The van der Waals surface area contributed by atoms with Crippen molar-refractivity contribution in [1.29, 1.82) is 0 Å². The predicted molar refractivity (Wildman–Crippen MR) is 125 cm³/mol. The number of rotatable bonds is 2. The second kappa shape index (κ2) is 6.92. The molecule has 1 unspecified atom stereocenters. The first-order valence-electron chi connectivity index (χ1n) is 10.8. The molecule has 31 heavy (non-hydrogen) atoms. The quantitative estimate of drug-likeness (QED) is 0.333. The number of aromatic carboxylic acids is 1. The Bertz CT molecular complexity index is 1500. The molecule has 0 amide bonds. The number of aryl methyl sites for hydroxylation is 1. The highest BCUT2D eigenvalue weighted by atomic mass is 16.4. The number of hydrogen-bond acceptors (Lipinski definition) is 2. The van der Waals surface area contributed by atoms with Crippen LogP contribution in [0, 0.1) is 0 Å². The van der Waals surface area contributed by atoms with Crippen LogP contribution in [0.4, 0.5) is 0 Å². The molecule has 6 rings (SSSR count). The van der Waals surface area contributed by atoms with Gasteiger partial charge in [-0.25, -0.2) is 9.78 Å². The molecule has 0 fully saturated rings. The summed E-state index contributed by atoms with van der Waals surface area (Å²) in [5.74, 6) is -0.935. The first-order chi connectivity index (χ1) is 15.2. The molecular weight excluding hydrogens is 382 g/mol. The summed E-state index contributed by atoms with van der Waals surface area (Å²) in [5.41, 5.74) is 4.32. The largest absolute Gasteiger partial charge is 0.477 e. The number of nitrogens with zero attached hydrogens (tertiary/aromatic N) is 1. The number of carboxylic acids is 1. The van der Waals surface area contributed by atoms with Gasteiger partial charge in [-0.15, -0.1) is 0 Å². The number of carbonyl (C=O) groups is 1. The summed E-state index contributed by atoms with van der Waals surface area (Å²) in [5, 5.41) is 15.9.